The van der Waals surface area contributed by atoms with Crippen LogP contribution in [-0.4, -0.2) is 41.6 Å². The summed E-state index contributed by atoms with van der Waals surface area (Å²) in [5.41, 5.74) is 0.745. The minimum Gasteiger partial charge on any atom is -0.480 e. The molecule has 1 aromatic carbocycles. The van der Waals surface area contributed by atoms with Crippen molar-refractivity contribution in [2.45, 2.75) is 31.4 Å². The molecule has 0 bridgehead atoms. The summed E-state index contributed by atoms with van der Waals surface area (Å²) >= 11 is 0. The zero-order chi connectivity index (χ0) is 14.5. The second kappa shape index (κ2) is 6.52. The molecule has 1 aliphatic heterocycles. The predicted octanol–water partition coefficient (Wildman–Crippen LogP) is 1.84. The van der Waals surface area contributed by atoms with Gasteiger partial charge in [0.25, 0.3) is 5.91 Å². The Hall–Kier alpha value is -1.88. The Labute approximate surface area is 118 Å². The molecule has 2 atom stereocenters. The number of piperidine rings is 1. The molecule has 1 fully saturated rings. The fraction of sp³-hybridized carbons (Fsp3) is 0.467. The van der Waals surface area contributed by atoms with Crippen LogP contribution in [0.15, 0.2) is 30.3 Å². The van der Waals surface area contributed by atoms with E-state index in [0.717, 1.165) is 18.4 Å². The van der Waals surface area contributed by atoms with Gasteiger partial charge in [0, 0.05) is 13.7 Å². The first kappa shape index (κ1) is 14.5. The van der Waals surface area contributed by atoms with Gasteiger partial charge >= 0.3 is 5.97 Å². The molecule has 0 spiro atoms. The van der Waals surface area contributed by atoms with Crippen molar-refractivity contribution < 1.29 is 19.4 Å². The summed E-state index contributed by atoms with van der Waals surface area (Å²) < 4.78 is 5.30. The Bertz CT molecular complexity index is 474. The average Bonchev–Trinajstić information content (AvgIpc) is 2.49. The van der Waals surface area contributed by atoms with Crippen LogP contribution >= 0.6 is 0 Å². The summed E-state index contributed by atoms with van der Waals surface area (Å²) in [5, 5.41) is 9.25. The number of ether oxygens (including phenoxy) is 1. The van der Waals surface area contributed by atoms with Crippen LogP contribution in [0.3, 0.4) is 0 Å². The minimum atomic E-state index is -0.944. The third kappa shape index (κ3) is 2.99. The van der Waals surface area contributed by atoms with Crippen LogP contribution in [0.25, 0.3) is 0 Å². The third-order valence-electron chi connectivity index (χ3n) is 3.63. The number of methoxy groups -OCH3 is 1. The first-order valence-corrected chi connectivity index (χ1v) is 6.76. The van der Waals surface area contributed by atoms with E-state index in [0.29, 0.717) is 13.0 Å². The number of hydrogen-bond donors (Lipinski definition) is 1. The molecule has 0 unspecified atom stereocenters. The monoisotopic (exact) mass is 277 g/mol. The van der Waals surface area contributed by atoms with E-state index >= 15 is 0 Å². The zero-order valence-electron chi connectivity index (χ0n) is 11.5. The smallest absolute Gasteiger partial charge is 0.326 e. The average molecular weight is 277 g/mol. The molecule has 108 valence electrons. The maximum absolute atomic E-state index is 12.6. The molecule has 1 saturated heterocycles. The van der Waals surface area contributed by atoms with Gasteiger partial charge in [-0.3, -0.25) is 4.79 Å². The number of likely N-dealkylation sites (tertiary alicyclic amines) is 1. The maximum Gasteiger partial charge on any atom is 0.326 e. The fourth-order valence-corrected chi connectivity index (χ4v) is 2.61. The van der Waals surface area contributed by atoms with Gasteiger partial charge in [0.1, 0.15) is 6.04 Å². The quantitative estimate of drug-likeness (QED) is 0.912. The highest BCUT2D eigenvalue weighted by molar-refractivity contribution is 5.87. The molecule has 0 saturated carbocycles. The fourth-order valence-electron chi connectivity index (χ4n) is 2.61. The van der Waals surface area contributed by atoms with Gasteiger partial charge in [0.2, 0.25) is 0 Å². The van der Waals surface area contributed by atoms with Gasteiger partial charge in [0.15, 0.2) is 6.10 Å². The molecule has 1 heterocycles. The Kier molecular flexibility index (Phi) is 4.74. The second-order valence-electron chi connectivity index (χ2n) is 4.91. The van der Waals surface area contributed by atoms with Gasteiger partial charge in [0.05, 0.1) is 0 Å². The van der Waals surface area contributed by atoms with Gasteiger partial charge in [-0.05, 0) is 24.8 Å². The van der Waals surface area contributed by atoms with Crippen LogP contribution in [-0.2, 0) is 14.3 Å². The normalized spacial score (nSPS) is 20.4. The third-order valence-corrected chi connectivity index (χ3v) is 3.63. The van der Waals surface area contributed by atoms with Crippen molar-refractivity contribution >= 4 is 11.9 Å². The molecular weight excluding hydrogens is 258 g/mol. The topological polar surface area (TPSA) is 66.8 Å². The molecule has 1 aliphatic rings. The summed E-state index contributed by atoms with van der Waals surface area (Å²) in [6.45, 7) is 0.475. The minimum absolute atomic E-state index is 0.272. The van der Waals surface area contributed by atoms with Crippen LogP contribution in [0, 0.1) is 0 Å². The number of hydrogen-bond acceptors (Lipinski definition) is 3. The standard InChI is InChI=1S/C15H19NO4/c1-20-13(11-7-3-2-4-8-11)14(17)16-10-6-5-9-12(16)15(18)19/h2-4,7-8,12-13H,5-6,9-10H2,1H3,(H,18,19)/t12-,13+/m0/s1. The Morgan fingerprint density at radius 2 is 2.00 bits per heavy atom. The number of carbonyl (C=O) groups is 2. The van der Waals surface area contributed by atoms with Crippen LogP contribution in [0.1, 0.15) is 30.9 Å². The molecule has 20 heavy (non-hydrogen) atoms. The van der Waals surface area contributed by atoms with E-state index in [-0.39, 0.29) is 5.91 Å². The number of aliphatic carboxylic acids is 1. The van der Waals surface area contributed by atoms with E-state index in [2.05, 4.69) is 0 Å². The lowest BCUT2D eigenvalue weighted by atomic mass is 10.00. The highest BCUT2D eigenvalue weighted by atomic mass is 16.5. The van der Waals surface area contributed by atoms with Gasteiger partial charge < -0.3 is 14.7 Å². The molecule has 0 aromatic heterocycles. The zero-order valence-corrected chi connectivity index (χ0v) is 11.5. The first-order chi connectivity index (χ1) is 9.65. The molecule has 0 aliphatic carbocycles. The summed E-state index contributed by atoms with van der Waals surface area (Å²) in [6, 6.07) is 8.41. The lowest BCUT2D eigenvalue weighted by Gasteiger charge is -2.35. The SMILES string of the molecule is CO[C@@H](C(=O)N1CCCC[C@H]1C(=O)O)c1ccccc1. The van der Waals surface area contributed by atoms with Gasteiger partial charge in [-0.15, -0.1) is 0 Å². The largest absolute Gasteiger partial charge is 0.480 e. The summed E-state index contributed by atoms with van der Waals surface area (Å²) in [6.07, 6.45) is 1.44. The van der Waals surface area contributed by atoms with Crippen molar-refractivity contribution in [1.82, 2.24) is 4.90 Å². The number of nitrogens with zero attached hydrogens (tertiary/aromatic N) is 1. The van der Waals surface area contributed by atoms with Crippen LogP contribution in [0.4, 0.5) is 0 Å². The number of carboxylic acids is 1. The number of carbonyl (C=O) groups excluding carboxylic acids is 1. The highest BCUT2D eigenvalue weighted by Gasteiger charge is 2.35. The number of benzene rings is 1. The van der Waals surface area contributed by atoms with Gasteiger partial charge in [-0.25, -0.2) is 4.79 Å². The highest BCUT2D eigenvalue weighted by Crippen LogP contribution is 2.25. The number of rotatable bonds is 4. The summed E-state index contributed by atoms with van der Waals surface area (Å²) in [5.74, 6) is -1.22. The van der Waals surface area contributed by atoms with Crippen LogP contribution in [0.2, 0.25) is 0 Å². The molecule has 5 nitrogen and oxygen atoms in total. The molecule has 0 radical (unpaired) electrons. The van der Waals surface area contributed by atoms with Crippen molar-refractivity contribution in [1.29, 1.82) is 0 Å². The number of amides is 1. The van der Waals surface area contributed by atoms with Gasteiger partial charge in [-0.2, -0.15) is 0 Å². The summed E-state index contributed by atoms with van der Waals surface area (Å²) in [7, 11) is 1.47. The molecule has 2 rings (SSSR count). The van der Waals surface area contributed by atoms with Gasteiger partial charge in [-0.1, -0.05) is 30.3 Å². The van der Waals surface area contributed by atoms with E-state index in [1.807, 2.05) is 30.3 Å². The molecule has 1 aromatic rings. The predicted molar refractivity (Wildman–Crippen MR) is 73.2 cm³/mol. The lowest BCUT2D eigenvalue weighted by Crippen LogP contribution is -2.49. The van der Waals surface area contributed by atoms with E-state index < -0.39 is 18.1 Å². The summed E-state index contributed by atoms with van der Waals surface area (Å²) in [4.78, 5) is 25.3. The Balaban J connectivity index is 2.21. The van der Waals surface area contributed by atoms with Crippen molar-refractivity contribution in [2.75, 3.05) is 13.7 Å². The van der Waals surface area contributed by atoms with Crippen LogP contribution in [0.5, 0.6) is 0 Å². The molecule has 1 N–H and O–H groups in total. The molecular formula is C15H19NO4. The second-order valence-corrected chi connectivity index (χ2v) is 4.91. The van der Waals surface area contributed by atoms with E-state index in [1.54, 1.807) is 0 Å². The first-order valence-electron chi connectivity index (χ1n) is 6.76. The van der Waals surface area contributed by atoms with Crippen molar-refractivity contribution in [3.63, 3.8) is 0 Å². The molecule has 1 amide bonds. The number of carboxylic acid groups (broad SMARTS) is 1. The lowest BCUT2D eigenvalue weighted by molar-refractivity contribution is -0.157. The van der Waals surface area contributed by atoms with E-state index in [9.17, 15) is 14.7 Å². The Morgan fingerprint density at radius 3 is 2.60 bits per heavy atom. The van der Waals surface area contributed by atoms with E-state index in [4.69, 9.17) is 4.74 Å². The van der Waals surface area contributed by atoms with Crippen LogP contribution < -0.4 is 0 Å². The van der Waals surface area contributed by atoms with Crippen molar-refractivity contribution in [3.8, 4) is 0 Å². The van der Waals surface area contributed by atoms with E-state index in [1.165, 1.54) is 12.0 Å². The maximum atomic E-state index is 12.6. The molecule has 5 heteroatoms. The van der Waals surface area contributed by atoms with Crippen molar-refractivity contribution in [3.05, 3.63) is 35.9 Å². The van der Waals surface area contributed by atoms with Crippen molar-refractivity contribution in [2.24, 2.45) is 0 Å². The Morgan fingerprint density at radius 1 is 1.30 bits per heavy atom.